The average Bonchev–Trinajstić information content (AvgIpc) is 2.82. The Bertz CT molecular complexity index is 1080. The first-order chi connectivity index (χ1) is 12.3. The number of aliphatic hydroxyl groups excluding tert-OH is 1. The van der Waals surface area contributed by atoms with Gasteiger partial charge in [-0.05, 0) is 28.8 Å². The van der Waals surface area contributed by atoms with Crippen LogP contribution in [0.15, 0.2) is 30.3 Å². The zero-order valence-electron chi connectivity index (χ0n) is 13.5. The van der Waals surface area contributed by atoms with Gasteiger partial charge in [0.25, 0.3) is 0 Å². The van der Waals surface area contributed by atoms with Crippen molar-refractivity contribution < 1.29 is 30.0 Å². The number of benzene rings is 2. The van der Waals surface area contributed by atoms with E-state index in [9.17, 15) is 30.0 Å². The van der Waals surface area contributed by atoms with Crippen LogP contribution in [0.5, 0.6) is 11.5 Å². The summed E-state index contributed by atoms with van der Waals surface area (Å²) >= 11 is 0. The summed E-state index contributed by atoms with van der Waals surface area (Å²) in [5.74, 6) is -1.25. The lowest BCUT2D eigenvalue weighted by atomic mass is 9.74. The smallest absolute Gasteiger partial charge is 0.170 e. The standard InChI is InChI=1S/C20H14O6/c21-10-3-1-2-8-15(10)14(25)7-20(26)9-4-5-11(22)17-12(23)6-13(24)18(16(9)17)19(8)20/h1-5,13,21-22,24,26H,6-7H2/t13?,20-/m1/s1. The second kappa shape index (κ2) is 4.60. The van der Waals surface area contributed by atoms with E-state index in [1.54, 1.807) is 12.1 Å². The highest BCUT2D eigenvalue weighted by Gasteiger charge is 2.54. The SMILES string of the molecule is O=C1C[C@]2(O)C(=C3c4c2ccc(O)c4C(=O)CC3O)c2cccc(O)c21. The van der Waals surface area contributed by atoms with E-state index in [1.807, 2.05) is 0 Å². The monoisotopic (exact) mass is 350 g/mol. The van der Waals surface area contributed by atoms with E-state index < -0.39 is 23.3 Å². The molecule has 0 aliphatic heterocycles. The maximum absolute atomic E-state index is 12.7. The molecule has 26 heavy (non-hydrogen) atoms. The Kier molecular flexibility index (Phi) is 2.71. The van der Waals surface area contributed by atoms with Crippen molar-refractivity contribution in [3.63, 3.8) is 0 Å². The maximum atomic E-state index is 12.7. The largest absolute Gasteiger partial charge is 0.507 e. The molecular formula is C20H14O6. The minimum Gasteiger partial charge on any atom is -0.507 e. The number of carbonyl (C=O) groups excluding carboxylic acids is 2. The van der Waals surface area contributed by atoms with Crippen LogP contribution >= 0.6 is 0 Å². The number of hydrogen-bond donors (Lipinski definition) is 4. The zero-order chi connectivity index (χ0) is 18.4. The third-order valence-corrected chi connectivity index (χ3v) is 5.58. The molecule has 6 nitrogen and oxygen atoms in total. The quantitative estimate of drug-likeness (QED) is 0.575. The van der Waals surface area contributed by atoms with Gasteiger partial charge < -0.3 is 20.4 Å². The van der Waals surface area contributed by atoms with Gasteiger partial charge in [-0.1, -0.05) is 18.2 Å². The average molecular weight is 350 g/mol. The first-order valence-electron chi connectivity index (χ1n) is 8.25. The van der Waals surface area contributed by atoms with Gasteiger partial charge in [-0.2, -0.15) is 0 Å². The van der Waals surface area contributed by atoms with Gasteiger partial charge in [0.15, 0.2) is 11.6 Å². The Morgan fingerprint density at radius 2 is 1.65 bits per heavy atom. The summed E-state index contributed by atoms with van der Waals surface area (Å²) in [4.78, 5) is 25.0. The fourth-order valence-electron chi connectivity index (χ4n) is 4.61. The number of phenols is 2. The molecule has 0 spiro atoms. The number of aromatic hydroxyl groups is 2. The number of rotatable bonds is 0. The number of phenolic OH excluding ortho intramolecular Hbond substituents is 2. The van der Waals surface area contributed by atoms with Crippen LogP contribution in [-0.2, 0) is 5.60 Å². The molecule has 0 aromatic heterocycles. The maximum Gasteiger partial charge on any atom is 0.170 e. The molecule has 0 amide bonds. The lowest BCUT2D eigenvalue weighted by molar-refractivity contribution is 0.0667. The molecule has 2 aromatic rings. The van der Waals surface area contributed by atoms with Crippen molar-refractivity contribution in [2.24, 2.45) is 0 Å². The molecule has 0 radical (unpaired) electrons. The molecule has 130 valence electrons. The number of hydrogen-bond acceptors (Lipinski definition) is 6. The second-order valence-electron chi connectivity index (χ2n) is 6.97. The number of ketones is 2. The van der Waals surface area contributed by atoms with Crippen LogP contribution in [0.3, 0.4) is 0 Å². The third kappa shape index (κ3) is 1.58. The second-order valence-corrected chi connectivity index (χ2v) is 6.97. The molecule has 0 fully saturated rings. The molecule has 1 unspecified atom stereocenters. The fourth-order valence-corrected chi connectivity index (χ4v) is 4.61. The van der Waals surface area contributed by atoms with Gasteiger partial charge >= 0.3 is 0 Å². The first-order valence-corrected chi connectivity index (χ1v) is 8.25. The molecule has 3 aliphatic carbocycles. The Balaban J connectivity index is 1.97. The van der Waals surface area contributed by atoms with E-state index in [4.69, 9.17) is 0 Å². The predicted octanol–water partition coefficient (Wildman–Crippen LogP) is 1.74. The highest BCUT2D eigenvalue weighted by Crippen LogP contribution is 2.59. The first kappa shape index (κ1) is 15.3. The van der Waals surface area contributed by atoms with Crippen molar-refractivity contribution in [1.29, 1.82) is 0 Å². The topological polar surface area (TPSA) is 115 Å². The summed E-state index contributed by atoms with van der Waals surface area (Å²) in [5.41, 5.74) is 0.0805. The van der Waals surface area contributed by atoms with Gasteiger partial charge in [-0.15, -0.1) is 0 Å². The molecule has 2 atom stereocenters. The van der Waals surface area contributed by atoms with E-state index in [0.717, 1.165) is 0 Å². The lowest BCUT2D eigenvalue weighted by Crippen LogP contribution is -2.33. The number of carbonyl (C=O) groups is 2. The van der Waals surface area contributed by atoms with Crippen molar-refractivity contribution in [3.8, 4) is 11.5 Å². The zero-order valence-corrected chi connectivity index (χ0v) is 13.5. The minimum atomic E-state index is -1.71. The molecular weight excluding hydrogens is 336 g/mol. The molecule has 6 heteroatoms. The van der Waals surface area contributed by atoms with Gasteiger partial charge in [0, 0.05) is 24.0 Å². The van der Waals surface area contributed by atoms with Crippen LogP contribution in [0.4, 0.5) is 0 Å². The van der Waals surface area contributed by atoms with Crippen LogP contribution in [0, 0.1) is 0 Å². The van der Waals surface area contributed by atoms with Gasteiger partial charge in [-0.3, -0.25) is 9.59 Å². The minimum absolute atomic E-state index is 0.0623. The van der Waals surface area contributed by atoms with Crippen molar-refractivity contribution in [2.45, 2.75) is 24.5 Å². The summed E-state index contributed by atoms with van der Waals surface area (Å²) in [7, 11) is 0. The van der Waals surface area contributed by atoms with Crippen LogP contribution in [0.2, 0.25) is 0 Å². The predicted molar refractivity (Wildman–Crippen MR) is 90.8 cm³/mol. The summed E-state index contributed by atoms with van der Waals surface area (Å²) in [6.07, 6.45) is -1.70. The number of Topliss-reactive ketones (excluding diaryl/α,β-unsaturated/α-hetero) is 2. The van der Waals surface area contributed by atoms with Gasteiger partial charge in [0.05, 0.1) is 17.2 Å². The van der Waals surface area contributed by atoms with E-state index in [2.05, 4.69) is 0 Å². The highest BCUT2D eigenvalue weighted by molar-refractivity contribution is 6.20. The van der Waals surface area contributed by atoms with Gasteiger partial charge in [-0.25, -0.2) is 0 Å². The van der Waals surface area contributed by atoms with Crippen molar-refractivity contribution in [3.05, 3.63) is 58.1 Å². The molecule has 0 saturated heterocycles. The summed E-state index contributed by atoms with van der Waals surface area (Å²) in [6.45, 7) is 0. The summed E-state index contributed by atoms with van der Waals surface area (Å²) in [5, 5.41) is 42.4. The molecule has 5 rings (SSSR count). The van der Waals surface area contributed by atoms with E-state index in [0.29, 0.717) is 27.8 Å². The Morgan fingerprint density at radius 1 is 0.923 bits per heavy atom. The van der Waals surface area contributed by atoms with Crippen molar-refractivity contribution in [1.82, 2.24) is 0 Å². The molecule has 0 bridgehead atoms. The Labute approximate surface area is 147 Å². The highest BCUT2D eigenvalue weighted by atomic mass is 16.3. The van der Waals surface area contributed by atoms with Crippen LogP contribution in [-0.4, -0.2) is 38.1 Å². The number of aliphatic hydroxyl groups is 2. The molecule has 2 aromatic carbocycles. The molecule has 3 aliphatic rings. The van der Waals surface area contributed by atoms with Crippen molar-refractivity contribution >= 4 is 22.7 Å². The van der Waals surface area contributed by atoms with Crippen LogP contribution in [0.25, 0.3) is 11.1 Å². The van der Waals surface area contributed by atoms with Crippen LogP contribution < -0.4 is 0 Å². The normalized spacial score (nSPS) is 25.8. The molecule has 0 saturated carbocycles. The summed E-state index contributed by atoms with van der Waals surface area (Å²) in [6, 6.07) is 7.36. The van der Waals surface area contributed by atoms with Crippen molar-refractivity contribution in [2.75, 3.05) is 0 Å². The van der Waals surface area contributed by atoms with Gasteiger partial charge in [0.1, 0.15) is 17.1 Å². The fraction of sp³-hybridized carbons (Fsp3) is 0.200. The molecule has 4 N–H and O–H groups in total. The number of fused-ring (bicyclic) bond motifs is 4. The van der Waals surface area contributed by atoms with E-state index in [-0.39, 0.29) is 35.5 Å². The lowest BCUT2D eigenvalue weighted by Gasteiger charge is -2.33. The van der Waals surface area contributed by atoms with Crippen LogP contribution in [0.1, 0.15) is 50.2 Å². The Morgan fingerprint density at radius 3 is 2.42 bits per heavy atom. The Hall–Kier alpha value is -2.96. The third-order valence-electron chi connectivity index (χ3n) is 5.58. The van der Waals surface area contributed by atoms with E-state index >= 15 is 0 Å². The van der Waals surface area contributed by atoms with E-state index in [1.165, 1.54) is 18.2 Å². The summed E-state index contributed by atoms with van der Waals surface area (Å²) < 4.78 is 0. The molecule has 0 heterocycles. The van der Waals surface area contributed by atoms with Gasteiger partial charge in [0.2, 0.25) is 0 Å².